The number of carbonyl (C=O) groups excluding carboxylic acids is 1. The van der Waals surface area contributed by atoms with E-state index in [4.69, 9.17) is 4.42 Å². The minimum Gasteiger partial charge on any atom is -0.467 e. The maximum atomic E-state index is 13.2. The molecule has 2 aromatic carbocycles. The smallest absolute Gasteiger partial charge is 0.272 e. The van der Waals surface area contributed by atoms with Crippen LogP contribution in [0.2, 0.25) is 0 Å². The lowest BCUT2D eigenvalue weighted by Gasteiger charge is -2.16. The standard InChI is InChI=1S/C25H25N3O3/c1-27(18-20-10-7-17-31-20)24(29)14-13-22-25(30)28(16-15-19-8-3-2-4-9-19)23-12-6-5-11-21(23)26-22/h2-12,17H,13-16,18H2,1H3. The summed E-state index contributed by atoms with van der Waals surface area (Å²) in [5, 5.41) is 0. The van der Waals surface area contributed by atoms with E-state index in [1.807, 2.05) is 48.5 Å². The summed E-state index contributed by atoms with van der Waals surface area (Å²) in [4.78, 5) is 31.9. The zero-order chi connectivity index (χ0) is 21.6. The van der Waals surface area contributed by atoms with Crippen LogP contribution in [0.5, 0.6) is 0 Å². The van der Waals surface area contributed by atoms with Crippen LogP contribution in [0.25, 0.3) is 11.0 Å². The third kappa shape index (κ3) is 4.91. The fourth-order valence-corrected chi connectivity index (χ4v) is 3.66. The number of nitrogens with zero attached hydrogens (tertiary/aromatic N) is 3. The predicted molar refractivity (Wildman–Crippen MR) is 120 cm³/mol. The fraction of sp³-hybridized carbons (Fsp3) is 0.240. The van der Waals surface area contributed by atoms with Crippen LogP contribution in [0.15, 0.2) is 82.2 Å². The molecule has 0 saturated heterocycles. The van der Waals surface area contributed by atoms with Gasteiger partial charge in [-0.15, -0.1) is 0 Å². The van der Waals surface area contributed by atoms with Gasteiger partial charge in [-0.1, -0.05) is 42.5 Å². The van der Waals surface area contributed by atoms with Gasteiger partial charge in [0.15, 0.2) is 0 Å². The lowest BCUT2D eigenvalue weighted by Crippen LogP contribution is -2.29. The minimum absolute atomic E-state index is 0.0541. The van der Waals surface area contributed by atoms with E-state index in [2.05, 4.69) is 17.1 Å². The molecule has 158 valence electrons. The van der Waals surface area contributed by atoms with Crippen LogP contribution in [-0.4, -0.2) is 27.4 Å². The summed E-state index contributed by atoms with van der Waals surface area (Å²) in [5.74, 6) is 0.671. The number of fused-ring (bicyclic) bond motifs is 1. The van der Waals surface area contributed by atoms with Gasteiger partial charge >= 0.3 is 0 Å². The summed E-state index contributed by atoms with van der Waals surface area (Å²) in [6.07, 6.45) is 2.86. The van der Waals surface area contributed by atoms with Crippen LogP contribution in [-0.2, 0) is 30.7 Å². The predicted octanol–water partition coefficient (Wildman–Crippen LogP) is 3.82. The van der Waals surface area contributed by atoms with E-state index in [9.17, 15) is 9.59 Å². The summed E-state index contributed by atoms with van der Waals surface area (Å²) in [6.45, 7) is 0.962. The van der Waals surface area contributed by atoms with E-state index in [0.717, 1.165) is 23.2 Å². The molecule has 6 heteroatoms. The number of hydrogen-bond acceptors (Lipinski definition) is 4. The molecule has 0 unspecified atom stereocenters. The molecular weight excluding hydrogens is 390 g/mol. The molecule has 1 amide bonds. The third-order valence-corrected chi connectivity index (χ3v) is 5.36. The van der Waals surface area contributed by atoms with Gasteiger partial charge in [0.25, 0.3) is 5.56 Å². The summed E-state index contributed by atoms with van der Waals surface area (Å²) in [5.41, 5.74) is 3.05. The number of aromatic nitrogens is 2. The van der Waals surface area contributed by atoms with Crippen molar-refractivity contribution in [2.75, 3.05) is 7.05 Å². The van der Waals surface area contributed by atoms with Crippen LogP contribution >= 0.6 is 0 Å². The molecule has 31 heavy (non-hydrogen) atoms. The first kappa shape index (κ1) is 20.6. The normalized spacial score (nSPS) is 11.0. The summed E-state index contributed by atoms with van der Waals surface area (Å²) in [6, 6.07) is 21.4. The second kappa shape index (κ2) is 9.43. The van der Waals surface area contributed by atoms with Gasteiger partial charge in [0.2, 0.25) is 5.91 Å². The Morgan fingerprint density at radius 1 is 1.00 bits per heavy atom. The number of aryl methyl sites for hydroxylation is 3. The highest BCUT2D eigenvalue weighted by molar-refractivity contribution is 5.77. The van der Waals surface area contributed by atoms with Crippen molar-refractivity contribution >= 4 is 16.9 Å². The Kier molecular flexibility index (Phi) is 6.26. The van der Waals surface area contributed by atoms with Crippen molar-refractivity contribution in [2.45, 2.75) is 32.4 Å². The summed E-state index contributed by atoms with van der Waals surface area (Å²) in [7, 11) is 1.73. The van der Waals surface area contributed by atoms with E-state index in [1.165, 1.54) is 5.56 Å². The molecule has 4 aromatic rings. The van der Waals surface area contributed by atoms with Crippen molar-refractivity contribution in [3.63, 3.8) is 0 Å². The first-order valence-corrected chi connectivity index (χ1v) is 10.4. The van der Waals surface area contributed by atoms with Gasteiger partial charge in [-0.25, -0.2) is 4.98 Å². The van der Waals surface area contributed by atoms with Crippen LogP contribution in [0.4, 0.5) is 0 Å². The van der Waals surface area contributed by atoms with Crippen molar-refractivity contribution in [3.8, 4) is 0 Å². The van der Waals surface area contributed by atoms with Crippen LogP contribution in [0, 0.1) is 0 Å². The van der Waals surface area contributed by atoms with Crippen molar-refractivity contribution < 1.29 is 9.21 Å². The monoisotopic (exact) mass is 415 g/mol. The SMILES string of the molecule is CN(Cc1ccco1)C(=O)CCc1nc2ccccc2n(CCc2ccccc2)c1=O. The molecule has 2 heterocycles. The minimum atomic E-state index is -0.129. The quantitative estimate of drug-likeness (QED) is 0.439. The van der Waals surface area contributed by atoms with Gasteiger partial charge in [0.05, 0.1) is 23.8 Å². The highest BCUT2D eigenvalue weighted by atomic mass is 16.3. The van der Waals surface area contributed by atoms with Gasteiger partial charge in [-0.05, 0) is 36.2 Å². The Bertz CT molecular complexity index is 1210. The Morgan fingerprint density at radius 2 is 1.77 bits per heavy atom. The molecule has 0 saturated carbocycles. The van der Waals surface area contributed by atoms with Crippen LogP contribution in [0.1, 0.15) is 23.4 Å². The van der Waals surface area contributed by atoms with Gasteiger partial charge in [0.1, 0.15) is 11.5 Å². The van der Waals surface area contributed by atoms with Gasteiger partial charge < -0.3 is 13.9 Å². The Labute approximate surface area is 180 Å². The van der Waals surface area contributed by atoms with Gasteiger partial charge in [-0.3, -0.25) is 9.59 Å². The first-order chi connectivity index (χ1) is 15.1. The number of amides is 1. The maximum absolute atomic E-state index is 13.2. The molecule has 0 radical (unpaired) electrons. The van der Waals surface area contributed by atoms with Crippen molar-refractivity contribution in [3.05, 3.63) is 100 Å². The molecule has 0 bridgehead atoms. The molecule has 0 N–H and O–H groups in total. The first-order valence-electron chi connectivity index (χ1n) is 10.4. The number of para-hydroxylation sites is 2. The Morgan fingerprint density at radius 3 is 2.55 bits per heavy atom. The second-order valence-corrected chi connectivity index (χ2v) is 7.57. The summed E-state index contributed by atoms with van der Waals surface area (Å²) >= 11 is 0. The third-order valence-electron chi connectivity index (χ3n) is 5.36. The lowest BCUT2D eigenvalue weighted by atomic mass is 10.1. The largest absolute Gasteiger partial charge is 0.467 e. The number of furan rings is 1. The van der Waals surface area contributed by atoms with E-state index in [0.29, 0.717) is 25.2 Å². The maximum Gasteiger partial charge on any atom is 0.272 e. The Hall–Kier alpha value is -3.67. The molecule has 0 aliphatic rings. The molecule has 0 spiro atoms. The second-order valence-electron chi connectivity index (χ2n) is 7.57. The topological polar surface area (TPSA) is 68.3 Å². The summed E-state index contributed by atoms with van der Waals surface area (Å²) < 4.78 is 7.08. The van der Waals surface area contributed by atoms with Crippen molar-refractivity contribution in [1.29, 1.82) is 0 Å². The van der Waals surface area contributed by atoms with Crippen LogP contribution in [0.3, 0.4) is 0 Å². The van der Waals surface area contributed by atoms with Crippen LogP contribution < -0.4 is 5.56 Å². The number of hydrogen-bond donors (Lipinski definition) is 0. The van der Waals surface area contributed by atoms with Gasteiger partial charge in [-0.2, -0.15) is 0 Å². The average molecular weight is 415 g/mol. The molecular formula is C25H25N3O3. The van der Waals surface area contributed by atoms with Crippen molar-refractivity contribution in [2.24, 2.45) is 0 Å². The van der Waals surface area contributed by atoms with Gasteiger partial charge in [0, 0.05) is 26.4 Å². The molecule has 6 nitrogen and oxygen atoms in total. The van der Waals surface area contributed by atoms with Crippen molar-refractivity contribution in [1.82, 2.24) is 14.5 Å². The van der Waals surface area contributed by atoms with E-state index in [-0.39, 0.29) is 17.9 Å². The molecule has 0 atom stereocenters. The molecule has 0 aliphatic carbocycles. The van der Waals surface area contributed by atoms with E-state index < -0.39 is 0 Å². The fourth-order valence-electron chi connectivity index (χ4n) is 3.66. The number of carbonyl (C=O) groups is 1. The zero-order valence-electron chi connectivity index (χ0n) is 17.5. The highest BCUT2D eigenvalue weighted by Gasteiger charge is 2.15. The lowest BCUT2D eigenvalue weighted by molar-refractivity contribution is -0.130. The molecule has 0 fully saturated rings. The van der Waals surface area contributed by atoms with E-state index in [1.54, 1.807) is 28.8 Å². The highest BCUT2D eigenvalue weighted by Crippen LogP contribution is 2.13. The number of benzene rings is 2. The molecule has 0 aliphatic heterocycles. The molecule has 2 aromatic heterocycles. The Balaban J connectivity index is 1.53. The molecule has 4 rings (SSSR count). The number of rotatable bonds is 8. The zero-order valence-corrected chi connectivity index (χ0v) is 17.5. The van der Waals surface area contributed by atoms with E-state index >= 15 is 0 Å². The average Bonchev–Trinajstić information content (AvgIpc) is 3.30.